The number of rotatable bonds is 7. The maximum atomic E-state index is 13.3. The molecule has 1 aliphatic heterocycles. The van der Waals surface area contributed by atoms with Crippen LogP contribution in [-0.4, -0.2) is 50.3 Å². The monoisotopic (exact) mass is 455 g/mol. The summed E-state index contributed by atoms with van der Waals surface area (Å²) in [6.07, 6.45) is 0.982. The van der Waals surface area contributed by atoms with Crippen LogP contribution in [0, 0.1) is 17.2 Å². The molecule has 0 radical (unpaired) electrons. The standard InChI is InChI=1S/C24H29N3O4S/c1-4-27(18(2)20-7-5-19(17-25)6-8-20)24(28)21-13-15-26(16-14-21)32(29,30)23-11-9-22(31-3)10-12-23/h5-12,18,21H,4,13-16H2,1-3H3. The van der Waals surface area contributed by atoms with Crippen molar-refractivity contribution in [1.82, 2.24) is 9.21 Å². The van der Waals surface area contributed by atoms with Gasteiger partial charge in [0.1, 0.15) is 5.75 Å². The number of nitrogens with zero attached hydrogens (tertiary/aromatic N) is 3. The summed E-state index contributed by atoms with van der Waals surface area (Å²) in [5, 5.41) is 8.99. The molecule has 0 saturated carbocycles. The maximum absolute atomic E-state index is 13.3. The molecule has 8 heteroatoms. The number of hydrogen-bond donors (Lipinski definition) is 0. The lowest BCUT2D eigenvalue weighted by molar-refractivity contribution is -0.138. The molecule has 2 aromatic rings. The van der Waals surface area contributed by atoms with Gasteiger partial charge in [0.05, 0.1) is 29.7 Å². The molecule has 0 aromatic heterocycles. The van der Waals surface area contributed by atoms with Crippen LogP contribution < -0.4 is 4.74 Å². The van der Waals surface area contributed by atoms with Gasteiger partial charge in [-0.15, -0.1) is 0 Å². The molecule has 32 heavy (non-hydrogen) atoms. The molecule has 3 rings (SSSR count). The Morgan fingerprint density at radius 2 is 1.75 bits per heavy atom. The van der Waals surface area contributed by atoms with E-state index in [0.29, 0.717) is 43.8 Å². The summed E-state index contributed by atoms with van der Waals surface area (Å²) >= 11 is 0. The number of benzene rings is 2. The van der Waals surface area contributed by atoms with Crippen LogP contribution in [0.15, 0.2) is 53.4 Å². The van der Waals surface area contributed by atoms with Crippen LogP contribution in [0.4, 0.5) is 0 Å². The highest BCUT2D eigenvalue weighted by atomic mass is 32.2. The van der Waals surface area contributed by atoms with Crippen LogP contribution in [0.1, 0.15) is 43.9 Å². The Bertz CT molecular complexity index is 1070. The smallest absolute Gasteiger partial charge is 0.243 e. The molecule has 0 N–H and O–H groups in total. The highest BCUT2D eigenvalue weighted by Gasteiger charge is 2.34. The minimum Gasteiger partial charge on any atom is -0.497 e. The number of carbonyl (C=O) groups is 1. The Morgan fingerprint density at radius 1 is 1.16 bits per heavy atom. The van der Waals surface area contributed by atoms with Crippen LogP contribution in [0.5, 0.6) is 5.75 Å². The van der Waals surface area contributed by atoms with Gasteiger partial charge in [0.25, 0.3) is 0 Å². The Morgan fingerprint density at radius 3 is 2.25 bits per heavy atom. The van der Waals surface area contributed by atoms with Gasteiger partial charge >= 0.3 is 0 Å². The van der Waals surface area contributed by atoms with Gasteiger partial charge in [0.2, 0.25) is 15.9 Å². The van der Waals surface area contributed by atoms with E-state index in [-0.39, 0.29) is 22.8 Å². The first-order valence-corrected chi connectivity index (χ1v) is 12.2. The van der Waals surface area contributed by atoms with Crippen molar-refractivity contribution >= 4 is 15.9 Å². The average Bonchev–Trinajstić information content (AvgIpc) is 2.84. The van der Waals surface area contributed by atoms with Crippen LogP contribution in [0.2, 0.25) is 0 Å². The zero-order valence-electron chi connectivity index (χ0n) is 18.7. The van der Waals surface area contributed by atoms with E-state index in [1.165, 1.54) is 11.4 Å². The predicted octanol–water partition coefficient (Wildman–Crippen LogP) is 3.58. The fraction of sp³-hybridized carbons (Fsp3) is 0.417. The van der Waals surface area contributed by atoms with Crippen molar-refractivity contribution in [2.45, 2.75) is 37.6 Å². The van der Waals surface area contributed by atoms with E-state index in [2.05, 4.69) is 6.07 Å². The van der Waals surface area contributed by atoms with Gasteiger partial charge in [-0.1, -0.05) is 12.1 Å². The molecule has 0 bridgehead atoms. The third-order valence-electron chi connectivity index (χ3n) is 6.11. The Kier molecular flexibility index (Phi) is 7.54. The van der Waals surface area contributed by atoms with Gasteiger partial charge in [0.15, 0.2) is 0 Å². The Labute approximate surface area is 190 Å². The Hall–Kier alpha value is -2.89. The van der Waals surface area contributed by atoms with Crippen molar-refractivity contribution in [3.63, 3.8) is 0 Å². The zero-order chi connectivity index (χ0) is 23.3. The topological polar surface area (TPSA) is 90.7 Å². The van der Waals surface area contributed by atoms with Gasteiger partial charge in [-0.25, -0.2) is 8.42 Å². The summed E-state index contributed by atoms with van der Waals surface area (Å²) in [5.74, 6) is 0.438. The quantitative estimate of drug-likeness (QED) is 0.636. The Balaban J connectivity index is 1.66. The minimum atomic E-state index is -3.60. The van der Waals surface area contributed by atoms with Crippen molar-refractivity contribution < 1.29 is 17.9 Å². The molecule has 7 nitrogen and oxygen atoms in total. The molecule has 1 heterocycles. The van der Waals surface area contributed by atoms with E-state index in [1.54, 1.807) is 36.4 Å². The third kappa shape index (κ3) is 4.95. The fourth-order valence-electron chi connectivity index (χ4n) is 4.11. The highest BCUT2D eigenvalue weighted by Crippen LogP contribution is 2.29. The largest absolute Gasteiger partial charge is 0.497 e. The van der Waals surface area contributed by atoms with E-state index in [9.17, 15) is 13.2 Å². The molecule has 1 unspecified atom stereocenters. The second kappa shape index (κ2) is 10.2. The summed E-state index contributed by atoms with van der Waals surface area (Å²) in [7, 11) is -2.07. The summed E-state index contributed by atoms with van der Waals surface area (Å²) < 4.78 is 32.5. The van der Waals surface area contributed by atoms with Crippen molar-refractivity contribution in [2.75, 3.05) is 26.7 Å². The van der Waals surface area contributed by atoms with Gasteiger partial charge < -0.3 is 9.64 Å². The first kappa shape index (κ1) is 23.8. The van der Waals surface area contributed by atoms with Crippen molar-refractivity contribution in [3.05, 3.63) is 59.7 Å². The number of methoxy groups -OCH3 is 1. The number of nitriles is 1. The molecular weight excluding hydrogens is 426 g/mol. The van der Waals surface area contributed by atoms with Crippen LogP contribution >= 0.6 is 0 Å². The van der Waals surface area contributed by atoms with E-state index >= 15 is 0 Å². The molecular formula is C24H29N3O4S. The predicted molar refractivity (Wildman–Crippen MR) is 121 cm³/mol. The number of hydrogen-bond acceptors (Lipinski definition) is 5. The van der Waals surface area contributed by atoms with Crippen LogP contribution in [0.25, 0.3) is 0 Å². The van der Waals surface area contributed by atoms with Crippen molar-refractivity contribution in [3.8, 4) is 11.8 Å². The van der Waals surface area contributed by atoms with Gasteiger partial charge in [0, 0.05) is 25.6 Å². The van der Waals surface area contributed by atoms with Crippen molar-refractivity contribution in [2.24, 2.45) is 5.92 Å². The SMILES string of the molecule is CCN(C(=O)C1CCN(S(=O)(=O)c2ccc(OC)cc2)CC1)C(C)c1ccc(C#N)cc1. The van der Waals surface area contributed by atoms with E-state index in [1.807, 2.05) is 30.9 Å². The third-order valence-corrected chi connectivity index (χ3v) is 8.03. The second-order valence-corrected chi connectivity index (χ2v) is 9.83. The van der Waals surface area contributed by atoms with E-state index in [4.69, 9.17) is 10.00 Å². The molecule has 1 atom stereocenters. The molecule has 0 spiro atoms. The number of amides is 1. The maximum Gasteiger partial charge on any atom is 0.243 e. The first-order valence-electron chi connectivity index (χ1n) is 10.8. The molecule has 1 fully saturated rings. The zero-order valence-corrected chi connectivity index (χ0v) is 19.5. The minimum absolute atomic E-state index is 0.0471. The number of sulfonamides is 1. The lowest BCUT2D eigenvalue weighted by Crippen LogP contribution is -2.45. The summed E-state index contributed by atoms with van der Waals surface area (Å²) in [6.45, 7) is 5.11. The molecule has 170 valence electrons. The van der Waals surface area contributed by atoms with Gasteiger partial charge in [-0.05, 0) is 68.7 Å². The summed E-state index contributed by atoms with van der Waals surface area (Å²) in [5.41, 5.74) is 1.56. The second-order valence-electron chi connectivity index (χ2n) is 7.89. The number of carbonyl (C=O) groups excluding carboxylic acids is 1. The highest BCUT2D eigenvalue weighted by molar-refractivity contribution is 7.89. The summed E-state index contributed by atoms with van der Waals surface area (Å²) in [4.78, 5) is 15.3. The van der Waals surface area contributed by atoms with Crippen LogP contribution in [-0.2, 0) is 14.8 Å². The van der Waals surface area contributed by atoms with E-state index in [0.717, 1.165) is 5.56 Å². The molecule has 2 aromatic carbocycles. The lowest BCUT2D eigenvalue weighted by atomic mass is 9.95. The van der Waals surface area contributed by atoms with Gasteiger partial charge in [-0.3, -0.25) is 4.79 Å². The number of piperidine rings is 1. The number of ether oxygens (including phenoxy) is 1. The first-order chi connectivity index (χ1) is 15.3. The van der Waals surface area contributed by atoms with Gasteiger partial charge in [-0.2, -0.15) is 9.57 Å². The summed E-state index contributed by atoms with van der Waals surface area (Å²) in [6, 6.07) is 15.6. The van der Waals surface area contributed by atoms with E-state index < -0.39 is 10.0 Å². The molecule has 1 saturated heterocycles. The average molecular weight is 456 g/mol. The molecule has 1 aliphatic rings. The molecule has 0 aliphatic carbocycles. The lowest BCUT2D eigenvalue weighted by Gasteiger charge is -2.36. The van der Waals surface area contributed by atoms with Crippen molar-refractivity contribution in [1.29, 1.82) is 5.26 Å². The molecule has 1 amide bonds. The fourth-order valence-corrected chi connectivity index (χ4v) is 5.58. The normalized spacial score (nSPS) is 16.2. The van der Waals surface area contributed by atoms with Crippen LogP contribution in [0.3, 0.4) is 0 Å².